The molecule has 1 amide bonds. The highest BCUT2D eigenvalue weighted by Crippen LogP contribution is 2.17. The van der Waals surface area contributed by atoms with Crippen LogP contribution in [0.4, 0.5) is 10.2 Å². The van der Waals surface area contributed by atoms with Crippen LogP contribution >= 0.6 is 0 Å². The lowest BCUT2D eigenvalue weighted by molar-refractivity contribution is 0.0940. The summed E-state index contributed by atoms with van der Waals surface area (Å²) in [6.45, 7) is 3.48. The SMILES string of the molecule is Cc1ccc(C(C)NC(=O)c2cccnc2N)cc1F. The van der Waals surface area contributed by atoms with E-state index in [1.165, 1.54) is 12.3 Å². The van der Waals surface area contributed by atoms with Crippen LogP contribution in [0.5, 0.6) is 0 Å². The van der Waals surface area contributed by atoms with Crippen LogP contribution in [0.1, 0.15) is 34.5 Å². The molecule has 1 aromatic heterocycles. The molecule has 0 saturated carbocycles. The Morgan fingerprint density at radius 2 is 2.15 bits per heavy atom. The standard InChI is InChI=1S/C15H16FN3O/c1-9-5-6-11(8-13(9)16)10(2)19-15(20)12-4-3-7-18-14(12)17/h3-8,10H,1-2H3,(H2,17,18)(H,19,20). The minimum Gasteiger partial charge on any atom is -0.383 e. The van der Waals surface area contributed by atoms with Gasteiger partial charge in [-0.05, 0) is 43.2 Å². The highest BCUT2D eigenvalue weighted by Gasteiger charge is 2.14. The van der Waals surface area contributed by atoms with Crippen LogP contribution in [0.25, 0.3) is 0 Å². The number of carbonyl (C=O) groups excluding carboxylic acids is 1. The summed E-state index contributed by atoms with van der Waals surface area (Å²) in [6.07, 6.45) is 1.52. The normalized spacial score (nSPS) is 11.9. The predicted octanol–water partition coefficient (Wildman–Crippen LogP) is 2.60. The number of nitrogens with zero attached hydrogens (tertiary/aromatic N) is 1. The number of aryl methyl sites for hydroxylation is 1. The van der Waals surface area contributed by atoms with Crippen molar-refractivity contribution in [3.63, 3.8) is 0 Å². The van der Waals surface area contributed by atoms with E-state index in [-0.39, 0.29) is 23.6 Å². The van der Waals surface area contributed by atoms with E-state index in [2.05, 4.69) is 10.3 Å². The number of nitrogen functional groups attached to an aromatic ring is 1. The minimum atomic E-state index is -0.330. The number of halogens is 1. The van der Waals surface area contributed by atoms with Crippen LogP contribution in [-0.4, -0.2) is 10.9 Å². The maximum absolute atomic E-state index is 13.5. The van der Waals surface area contributed by atoms with Crippen molar-refractivity contribution >= 4 is 11.7 Å². The van der Waals surface area contributed by atoms with E-state index in [0.717, 1.165) is 0 Å². The summed E-state index contributed by atoms with van der Waals surface area (Å²) in [4.78, 5) is 15.9. The van der Waals surface area contributed by atoms with Gasteiger partial charge in [0.15, 0.2) is 0 Å². The molecule has 0 radical (unpaired) electrons. The minimum absolute atomic E-state index is 0.173. The molecule has 2 rings (SSSR count). The Balaban J connectivity index is 2.15. The quantitative estimate of drug-likeness (QED) is 0.903. The molecule has 1 atom stereocenters. The first kappa shape index (κ1) is 14.0. The van der Waals surface area contributed by atoms with Gasteiger partial charge < -0.3 is 11.1 Å². The third-order valence-corrected chi connectivity index (χ3v) is 3.13. The van der Waals surface area contributed by atoms with Crippen molar-refractivity contribution in [2.75, 3.05) is 5.73 Å². The number of amides is 1. The van der Waals surface area contributed by atoms with Gasteiger partial charge in [0.05, 0.1) is 11.6 Å². The fourth-order valence-corrected chi connectivity index (χ4v) is 1.85. The molecular formula is C15H16FN3O. The molecule has 0 bridgehead atoms. The van der Waals surface area contributed by atoms with Crippen LogP contribution in [-0.2, 0) is 0 Å². The number of anilines is 1. The number of carbonyl (C=O) groups is 1. The van der Waals surface area contributed by atoms with E-state index < -0.39 is 0 Å². The smallest absolute Gasteiger partial charge is 0.255 e. The molecule has 1 unspecified atom stereocenters. The molecule has 4 nitrogen and oxygen atoms in total. The maximum Gasteiger partial charge on any atom is 0.255 e. The number of benzene rings is 1. The van der Waals surface area contributed by atoms with Crippen LogP contribution < -0.4 is 11.1 Å². The van der Waals surface area contributed by atoms with Gasteiger partial charge in [-0.25, -0.2) is 9.37 Å². The molecule has 3 N–H and O–H groups in total. The molecule has 0 saturated heterocycles. The molecule has 20 heavy (non-hydrogen) atoms. The Labute approximate surface area is 116 Å². The lowest BCUT2D eigenvalue weighted by atomic mass is 10.1. The Morgan fingerprint density at radius 3 is 2.80 bits per heavy atom. The van der Waals surface area contributed by atoms with Crippen LogP contribution in [0.3, 0.4) is 0 Å². The van der Waals surface area contributed by atoms with E-state index in [0.29, 0.717) is 16.7 Å². The first-order valence-electron chi connectivity index (χ1n) is 6.26. The number of nitrogens with one attached hydrogen (secondary N) is 1. The maximum atomic E-state index is 13.5. The van der Waals surface area contributed by atoms with Crippen LogP contribution in [0, 0.1) is 12.7 Å². The van der Waals surface area contributed by atoms with Gasteiger partial charge in [0.1, 0.15) is 11.6 Å². The summed E-state index contributed by atoms with van der Waals surface area (Å²) in [7, 11) is 0. The number of hydrogen-bond acceptors (Lipinski definition) is 3. The molecule has 0 fully saturated rings. The molecule has 104 valence electrons. The summed E-state index contributed by atoms with van der Waals surface area (Å²) in [6, 6.07) is 7.81. The van der Waals surface area contributed by atoms with Gasteiger partial charge in [-0.2, -0.15) is 0 Å². The predicted molar refractivity (Wildman–Crippen MR) is 75.7 cm³/mol. The summed E-state index contributed by atoms with van der Waals surface area (Å²) in [5, 5.41) is 2.77. The lowest BCUT2D eigenvalue weighted by Gasteiger charge is -2.15. The van der Waals surface area contributed by atoms with Gasteiger partial charge >= 0.3 is 0 Å². The van der Waals surface area contributed by atoms with Gasteiger partial charge in [0.25, 0.3) is 5.91 Å². The molecule has 1 aromatic carbocycles. The molecule has 0 aliphatic rings. The number of pyridine rings is 1. The van der Waals surface area contributed by atoms with E-state index in [9.17, 15) is 9.18 Å². The molecule has 5 heteroatoms. The molecule has 0 spiro atoms. The lowest BCUT2D eigenvalue weighted by Crippen LogP contribution is -2.27. The fraction of sp³-hybridized carbons (Fsp3) is 0.200. The van der Waals surface area contributed by atoms with Crippen molar-refractivity contribution in [1.29, 1.82) is 0 Å². The van der Waals surface area contributed by atoms with Gasteiger partial charge in [-0.3, -0.25) is 4.79 Å². The summed E-state index contributed by atoms with van der Waals surface area (Å²) >= 11 is 0. The monoisotopic (exact) mass is 273 g/mol. The van der Waals surface area contributed by atoms with E-state index >= 15 is 0 Å². The van der Waals surface area contributed by atoms with Crippen molar-refractivity contribution in [3.8, 4) is 0 Å². The Hall–Kier alpha value is -2.43. The van der Waals surface area contributed by atoms with Crippen molar-refractivity contribution in [2.24, 2.45) is 0 Å². The third kappa shape index (κ3) is 2.93. The zero-order valence-electron chi connectivity index (χ0n) is 11.4. The average molecular weight is 273 g/mol. The highest BCUT2D eigenvalue weighted by molar-refractivity contribution is 5.98. The fourth-order valence-electron chi connectivity index (χ4n) is 1.85. The molecule has 2 aromatic rings. The van der Waals surface area contributed by atoms with Gasteiger partial charge in [-0.1, -0.05) is 12.1 Å². The van der Waals surface area contributed by atoms with E-state index in [1.54, 1.807) is 38.1 Å². The summed E-state index contributed by atoms with van der Waals surface area (Å²) in [5.41, 5.74) is 7.23. The summed E-state index contributed by atoms with van der Waals surface area (Å²) in [5.74, 6) is -0.444. The van der Waals surface area contributed by atoms with E-state index in [1.807, 2.05) is 0 Å². The largest absolute Gasteiger partial charge is 0.383 e. The molecule has 1 heterocycles. The summed E-state index contributed by atoms with van der Waals surface area (Å²) < 4.78 is 13.5. The van der Waals surface area contributed by atoms with Crippen molar-refractivity contribution in [1.82, 2.24) is 10.3 Å². The average Bonchev–Trinajstić information content (AvgIpc) is 2.42. The number of nitrogens with two attached hydrogens (primary N) is 1. The molecule has 0 aliphatic carbocycles. The number of rotatable bonds is 3. The van der Waals surface area contributed by atoms with Gasteiger partial charge in [-0.15, -0.1) is 0 Å². The second-order valence-corrected chi connectivity index (χ2v) is 4.64. The first-order chi connectivity index (χ1) is 9.49. The van der Waals surface area contributed by atoms with Crippen molar-refractivity contribution in [2.45, 2.75) is 19.9 Å². The third-order valence-electron chi connectivity index (χ3n) is 3.13. The van der Waals surface area contributed by atoms with Crippen LogP contribution in [0.2, 0.25) is 0 Å². The Kier molecular flexibility index (Phi) is 3.98. The zero-order valence-corrected chi connectivity index (χ0v) is 11.4. The zero-order chi connectivity index (χ0) is 14.7. The first-order valence-corrected chi connectivity index (χ1v) is 6.26. The van der Waals surface area contributed by atoms with Crippen LogP contribution in [0.15, 0.2) is 36.5 Å². The Morgan fingerprint density at radius 1 is 1.40 bits per heavy atom. The van der Waals surface area contributed by atoms with Crippen molar-refractivity contribution < 1.29 is 9.18 Å². The number of hydrogen-bond donors (Lipinski definition) is 2. The van der Waals surface area contributed by atoms with E-state index in [4.69, 9.17) is 5.73 Å². The highest BCUT2D eigenvalue weighted by atomic mass is 19.1. The topological polar surface area (TPSA) is 68.0 Å². The molecular weight excluding hydrogens is 257 g/mol. The molecule has 0 aliphatic heterocycles. The Bertz CT molecular complexity index is 643. The van der Waals surface area contributed by atoms with Crippen molar-refractivity contribution in [3.05, 3.63) is 59.0 Å². The second-order valence-electron chi connectivity index (χ2n) is 4.64. The van der Waals surface area contributed by atoms with Gasteiger partial charge in [0.2, 0.25) is 0 Å². The van der Waals surface area contributed by atoms with Gasteiger partial charge in [0, 0.05) is 6.20 Å². The second kappa shape index (κ2) is 5.69. The number of aromatic nitrogens is 1.